The summed E-state index contributed by atoms with van der Waals surface area (Å²) in [5, 5.41) is 9.63. The van der Waals surface area contributed by atoms with Crippen molar-refractivity contribution in [2.24, 2.45) is 5.10 Å². The van der Waals surface area contributed by atoms with Gasteiger partial charge in [-0.3, -0.25) is 4.79 Å². The lowest BCUT2D eigenvalue weighted by Crippen LogP contribution is -2.16. The molecule has 2 aromatic carbocycles. The Bertz CT molecular complexity index is 1230. The standard InChI is InChI=1S/C22H20N4O3S/c1-14-18-12-20(30-22(18)26(25-14)16-7-5-4-6-8-16)21(27)24-23-13-15-11-17(28-2)9-10-19(15)29-3/h4-13H,1-3H3,(H,24,27)/b23-13+. The summed E-state index contributed by atoms with van der Waals surface area (Å²) in [7, 11) is 3.16. The molecule has 0 aliphatic carbocycles. The third-order valence-electron chi connectivity index (χ3n) is 4.58. The van der Waals surface area contributed by atoms with Crippen molar-refractivity contribution in [3.63, 3.8) is 0 Å². The molecule has 0 fully saturated rings. The fourth-order valence-corrected chi connectivity index (χ4v) is 4.13. The molecule has 30 heavy (non-hydrogen) atoms. The maximum atomic E-state index is 12.6. The van der Waals surface area contributed by atoms with Crippen LogP contribution >= 0.6 is 11.3 Å². The first kappa shape index (κ1) is 19.7. The van der Waals surface area contributed by atoms with Gasteiger partial charge in [0.25, 0.3) is 5.91 Å². The molecule has 0 aliphatic rings. The number of methoxy groups -OCH3 is 2. The molecule has 0 atom stereocenters. The van der Waals surface area contributed by atoms with E-state index < -0.39 is 0 Å². The number of rotatable bonds is 6. The quantitative estimate of drug-likeness (QED) is 0.375. The smallest absolute Gasteiger partial charge is 0.281 e. The van der Waals surface area contributed by atoms with Gasteiger partial charge in [0.15, 0.2) is 0 Å². The van der Waals surface area contributed by atoms with E-state index in [1.807, 2.05) is 48.0 Å². The Morgan fingerprint density at radius 3 is 2.67 bits per heavy atom. The number of hydrogen-bond acceptors (Lipinski definition) is 6. The number of aryl methyl sites for hydroxylation is 1. The summed E-state index contributed by atoms with van der Waals surface area (Å²) in [5.41, 5.74) is 5.10. The summed E-state index contributed by atoms with van der Waals surface area (Å²) in [6, 6.07) is 17.1. The molecule has 1 amide bonds. The number of thiophene rings is 1. The zero-order valence-corrected chi connectivity index (χ0v) is 17.6. The minimum atomic E-state index is -0.284. The summed E-state index contributed by atoms with van der Waals surface area (Å²) >= 11 is 1.38. The largest absolute Gasteiger partial charge is 0.497 e. The van der Waals surface area contributed by atoms with Crippen molar-refractivity contribution < 1.29 is 14.3 Å². The van der Waals surface area contributed by atoms with Crippen LogP contribution in [0.2, 0.25) is 0 Å². The normalized spacial score (nSPS) is 11.2. The second-order valence-electron chi connectivity index (χ2n) is 6.47. The lowest BCUT2D eigenvalue weighted by atomic mass is 10.2. The zero-order chi connectivity index (χ0) is 21.1. The number of fused-ring (bicyclic) bond motifs is 1. The van der Waals surface area contributed by atoms with Gasteiger partial charge in [-0.1, -0.05) is 18.2 Å². The Morgan fingerprint density at radius 2 is 1.93 bits per heavy atom. The Labute approximate surface area is 177 Å². The zero-order valence-electron chi connectivity index (χ0n) is 16.7. The van der Waals surface area contributed by atoms with Crippen molar-refractivity contribution in [3.05, 3.63) is 70.7 Å². The third kappa shape index (κ3) is 3.77. The number of carbonyl (C=O) groups excluding carboxylic acids is 1. The minimum Gasteiger partial charge on any atom is -0.497 e. The van der Waals surface area contributed by atoms with Gasteiger partial charge in [0.1, 0.15) is 16.3 Å². The Morgan fingerprint density at radius 1 is 1.13 bits per heavy atom. The maximum absolute atomic E-state index is 12.6. The Hall–Kier alpha value is -3.65. The summed E-state index contributed by atoms with van der Waals surface area (Å²) in [4.78, 5) is 14.1. The summed E-state index contributed by atoms with van der Waals surface area (Å²) in [6.45, 7) is 1.93. The molecule has 2 aromatic heterocycles. The molecule has 8 heteroatoms. The van der Waals surface area contributed by atoms with E-state index in [1.165, 1.54) is 17.6 Å². The molecular formula is C22H20N4O3S. The van der Waals surface area contributed by atoms with Crippen LogP contribution < -0.4 is 14.9 Å². The van der Waals surface area contributed by atoms with E-state index in [2.05, 4.69) is 15.6 Å². The lowest BCUT2D eigenvalue weighted by Gasteiger charge is -2.06. The van der Waals surface area contributed by atoms with E-state index in [-0.39, 0.29) is 5.91 Å². The summed E-state index contributed by atoms with van der Waals surface area (Å²) in [6.07, 6.45) is 1.53. The van der Waals surface area contributed by atoms with Crippen LogP contribution in [-0.2, 0) is 0 Å². The molecule has 0 spiro atoms. The SMILES string of the molecule is COc1ccc(OC)c(/C=N/NC(=O)c2cc3c(C)nn(-c4ccccc4)c3s2)c1. The van der Waals surface area contributed by atoms with Gasteiger partial charge in [-0.05, 0) is 43.3 Å². The number of benzene rings is 2. The van der Waals surface area contributed by atoms with Gasteiger partial charge in [0.2, 0.25) is 0 Å². The average molecular weight is 420 g/mol. The topological polar surface area (TPSA) is 77.7 Å². The van der Waals surface area contributed by atoms with Crippen LogP contribution in [0.3, 0.4) is 0 Å². The summed E-state index contributed by atoms with van der Waals surface area (Å²) in [5.74, 6) is 1.02. The van der Waals surface area contributed by atoms with Crippen molar-refractivity contribution in [3.8, 4) is 17.2 Å². The number of aromatic nitrogens is 2. The highest BCUT2D eigenvalue weighted by Crippen LogP contribution is 2.30. The molecule has 4 rings (SSSR count). The van der Waals surface area contributed by atoms with Gasteiger partial charge in [0, 0.05) is 10.9 Å². The van der Waals surface area contributed by atoms with Gasteiger partial charge >= 0.3 is 0 Å². The van der Waals surface area contributed by atoms with Crippen molar-refractivity contribution >= 4 is 33.7 Å². The number of nitrogens with one attached hydrogen (secondary N) is 1. The van der Waals surface area contributed by atoms with Gasteiger partial charge in [-0.2, -0.15) is 10.2 Å². The number of hydrazone groups is 1. The molecule has 0 unspecified atom stereocenters. The van der Waals surface area contributed by atoms with E-state index in [1.54, 1.807) is 32.4 Å². The van der Waals surface area contributed by atoms with Crippen molar-refractivity contribution in [1.29, 1.82) is 0 Å². The molecule has 2 heterocycles. The van der Waals surface area contributed by atoms with Crippen LogP contribution in [0.25, 0.3) is 15.9 Å². The molecule has 1 N–H and O–H groups in total. The number of amides is 1. The predicted molar refractivity (Wildman–Crippen MR) is 118 cm³/mol. The van der Waals surface area contributed by atoms with Gasteiger partial charge in [-0.15, -0.1) is 11.3 Å². The first-order valence-electron chi connectivity index (χ1n) is 9.20. The highest BCUT2D eigenvalue weighted by atomic mass is 32.1. The molecule has 7 nitrogen and oxygen atoms in total. The second kappa shape index (κ2) is 8.38. The van der Waals surface area contributed by atoms with Crippen LogP contribution in [-0.4, -0.2) is 36.1 Å². The first-order valence-corrected chi connectivity index (χ1v) is 10.0. The predicted octanol–water partition coefficient (Wildman–Crippen LogP) is 4.18. The first-order chi connectivity index (χ1) is 14.6. The molecule has 0 radical (unpaired) electrons. The van der Waals surface area contributed by atoms with E-state index in [0.717, 1.165) is 21.6 Å². The number of carbonyl (C=O) groups is 1. The molecule has 0 saturated heterocycles. The fraction of sp³-hybridized carbons (Fsp3) is 0.136. The van der Waals surface area contributed by atoms with Gasteiger partial charge in [-0.25, -0.2) is 10.1 Å². The highest BCUT2D eigenvalue weighted by Gasteiger charge is 2.17. The van der Waals surface area contributed by atoms with Gasteiger partial charge in [0.05, 0.1) is 36.7 Å². The third-order valence-corrected chi connectivity index (χ3v) is 5.69. The fourth-order valence-electron chi connectivity index (χ4n) is 3.06. The van der Waals surface area contributed by atoms with Crippen LogP contribution in [0.5, 0.6) is 11.5 Å². The summed E-state index contributed by atoms with van der Waals surface area (Å²) < 4.78 is 12.4. The van der Waals surface area contributed by atoms with Crippen LogP contribution in [0.15, 0.2) is 59.7 Å². The number of para-hydroxylation sites is 1. The van der Waals surface area contributed by atoms with Crippen LogP contribution in [0, 0.1) is 6.92 Å². The van der Waals surface area contributed by atoms with E-state index >= 15 is 0 Å². The molecule has 4 aromatic rings. The highest BCUT2D eigenvalue weighted by molar-refractivity contribution is 7.20. The molecule has 0 aliphatic heterocycles. The number of hydrogen-bond donors (Lipinski definition) is 1. The Kier molecular flexibility index (Phi) is 5.49. The second-order valence-corrected chi connectivity index (χ2v) is 7.50. The minimum absolute atomic E-state index is 0.284. The Balaban J connectivity index is 1.57. The number of nitrogens with zero attached hydrogens (tertiary/aromatic N) is 3. The monoisotopic (exact) mass is 420 g/mol. The van der Waals surface area contributed by atoms with Crippen LogP contribution in [0.1, 0.15) is 20.9 Å². The molecule has 0 saturated carbocycles. The maximum Gasteiger partial charge on any atom is 0.281 e. The van der Waals surface area contributed by atoms with E-state index in [0.29, 0.717) is 21.9 Å². The van der Waals surface area contributed by atoms with Crippen LogP contribution in [0.4, 0.5) is 0 Å². The van der Waals surface area contributed by atoms with E-state index in [9.17, 15) is 4.79 Å². The van der Waals surface area contributed by atoms with E-state index in [4.69, 9.17) is 9.47 Å². The average Bonchev–Trinajstić information content (AvgIpc) is 3.35. The molecule has 0 bridgehead atoms. The number of ether oxygens (including phenoxy) is 2. The molecule has 152 valence electrons. The van der Waals surface area contributed by atoms with Gasteiger partial charge < -0.3 is 9.47 Å². The van der Waals surface area contributed by atoms with Crippen molar-refractivity contribution in [2.75, 3.05) is 14.2 Å². The van der Waals surface area contributed by atoms with Crippen molar-refractivity contribution in [2.45, 2.75) is 6.92 Å². The molecular weight excluding hydrogens is 400 g/mol. The van der Waals surface area contributed by atoms with Crippen molar-refractivity contribution in [1.82, 2.24) is 15.2 Å². The lowest BCUT2D eigenvalue weighted by molar-refractivity contribution is 0.0959.